The largest absolute Gasteiger partial charge is 0.0654 e. The Morgan fingerprint density at radius 2 is 2.00 bits per heavy atom. The summed E-state index contributed by atoms with van der Waals surface area (Å²) in [6, 6.07) is 0. The summed E-state index contributed by atoms with van der Waals surface area (Å²) in [5.74, 6) is 3.30. The first kappa shape index (κ1) is 7.64. The van der Waals surface area contributed by atoms with E-state index < -0.39 is 0 Å². The molecular weight excluding hydrogens is 132 g/mol. The van der Waals surface area contributed by atoms with Gasteiger partial charge in [-0.05, 0) is 42.4 Å². The van der Waals surface area contributed by atoms with E-state index in [1.807, 2.05) is 0 Å². The molecule has 0 aromatic rings. The zero-order chi connectivity index (χ0) is 8.06. The highest BCUT2D eigenvalue weighted by atomic mass is 14.8. The lowest BCUT2D eigenvalue weighted by molar-refractivity contribution is 0.268. The van der Waals surface area contributed by atoms with Gasteiger partial charge in [0.25, 0.3) is 0 Å². The third-order valence-corrected chi connectivity index (χ3v) is 3.66. The Balaban J connectivity index is 1.87. The summed E-state index contributed by atoms with van der Waals surface area (Å²) in [5, 5.41) is 0. The molecular formula is C11H20. The van der Waals surface area contributed by atoms with Gasteiger partial charge in [0.1, 0.15) is 0 Å². The van der Waals surface area contributed by atoms with Crippen LogP contribution in [0.1, 0.15) is 46.5 Å². The highest BCUT2D eigenvalue weighted by molar-refractivity contribution is 5.22. The van der Waals surface area contributed by atoms with Crippen molar-refractivity contribution < 1.29 is 0 Å². The van der Waals surface area contributed by atoms with E-state index in [2.05, 4.69) is 20.8 Å². The Hall–Kier alpha value is 0. The van der Waals surface area contributed by atoms with Crippen molar-refractivity contribution in [2.45, 2.75) is 46.5 Å². The normalized spacial score (nSPS) is 45.8. The molecule has 2 fully saturated rings. The quantitative estimate of drug-likeness (QED) is 0.578. The van der Waals surface area contributed by atoms with Crippen LogP contribution in [0.2, 0.25) is 0 Å². The molecule has 2 aliphatic carbocycles. The molecule has 2 aliphatic rings. The SMILES string of the molecule is CCCC1(CC(C)C)C2CC21. The smallest absolute Gasteiger partial charge is 0.0233 e. The minimum Gasteiger partial charge on any atom is -0.0654 e. The number of hydrogen-bond donors (Lipinski definition) is 0. The molecule has 11 heavy (non-hydrogen) atoms. The van der Waals surface area contributed by atoms with E-state index in [1.54, 1.807) is 6.42 Å². The molecule has 2 atom stereocenters. The zero-order valence-electron chi connectivity index (χ0n) is 8.06. The molecule has 0 spiro atoms. The van der Waals surface area contributed by atoms with Crippen molar-refractivity contribution >= 4 is 0 Å². The van der Waals surface area contributed by atoms with Gasteiger partial charge in [-0.3, -0.25) is 0 Å². The van der Waals surface area contributed by atoms with Crippen LogP contribution in [0.25, 0.3) is 0 Å². The van der Waals surface area contributed by atoms with Crippen LogP contribution in [0.15, 0.2) is 0 Å². The summed E-state index contributed by atoms with van der Waals surface area (Å²) in [7, 11) is 0. The van der Waals surface area contributed by atoms with Gasteiger partial charge in [0.15, 0.2) is 0 Å². The van der Waals surface area contributed by atoms with Gasteiger partial charge in [-0.15, -0.1) is 0 Å². The van der Waals surface area contributed by atoms with Gasteiger partial charge in [-0.1, -0.05) is 27.2 Å². The summed E-state index contributed by atoms with van der Waals surface area (Å²) in [5.41, 5.74) is 0.878. The van der Waals surface area contributed by atoms with E-state index in [9.17, 15) is 0 Å². The maximum absolute atomic E-state index is 2.37. The minimum absolute atomic E-state index is 0.878. The Kier molecular flexibility index (Phi) is 1.56. The summed E-state index contributed by atoms with van der Waals surface area (Å²) in [6.45, 7) is 7.07. The van der Waals surface area contributed by atoms with Gasteiger partial charge < -0.3 is 0 Å². The van der Waals surface area contributed by atoms with Crippen molar-refractivity contribution in [2.75, 3.05) is 0 Å². The molecule has 0 bridgehead atoms. The molecule has 0 heterocycles. The Bertz CT molecular complexity index is 149. The predicted molar refractivity (Wildman–Crippen MR) is 48.4 cm³/mol. The van der Waals surface area contributed by atoms with E-state index in [0.29, 0.717) is 0 Å². The van der Waals surface area contributed by atoms with E-state index >= 15 is 0 Å². The molecule has 2 unspecified atom stereocenters. The molecule has 2 saturated carbocycles. The van der Waals surface area contributed by atoms with Crippen molar-refractivity contribution in [3.8, 4) is 0 Å². The van der Waals surface area contributed by atoms with Gasteiger partial charge in [-0.2, -0.15) is 0 Å². The first-order valence-electron chi connectivity index (χ1n) is 5.20. The summed E-state index contributed by atoms with van der Waals surface area (Å²) < 4.78 is 0. The lowest BCUT2D eigenvalue weighted by Crippen LogP contribution is -2.13. The summed E-state index contributed by atoms with van der Waals surface area (Å²) in [4.78, 5) is 0. The van der Waals surface area contributed by atoms with Crippen molar-refractivity contribution in [1.29, 1.82) is 0 Å². The fourth-order valence-corrected chi connectivity index (χ4v) is 3.18. The number of hydrogen-bond acceptors (Lipinski definition) is 0. The second-order valence-corrected chi connectivity index (χ2v) is 5.03. The maximum atomic E-state index is 2.37. The zero-order valence-corrected chi connectivity index (χ0v) is 8.06. The van der Waals surface area contributed by atoms with Gasteiger partial charge in [0, 0.05) is 0 Å². The van der Waals surface area contributed by atoms with Crippen molar-refractivity contribution in [1.82, 2.24) is 0 Å². The molecule has 2 rings (SSSR count). The Labute approximate surface area is 70.4 Å². The van der Waals surface area contributed by atoms with Crippen LogP contribution < -0.4 is 0 Å². The Morgan fingerprint density at radius 1 is 1.36 bits per heavy atom. The molecule has 64 valence electrons. The third-order valence-electron chi connectivity index (χ3n) is 3.66. The first-order chi connectivity index (χ1) is 5.20. The van der Waals surface area contributed by atoms with Gasteiger partial charge in [-0.25, -0.2) is 0 Å². The average molecular weight is 152 g/mol. The maximum Gasteiger partial charge on any atom is -0.0233 e. The van der Waals surface area contributed by atoms with Crippen LogP contribution in [-0.2, 0) is 0 Å². The van der Waals surface area contributed by atoms with Crippen molar-refractivity contribution in [2.24, 2.45) is 23.2 Å². The van der Waals surface area contributed by atoms with Crippen LogP contribution in [0.3, 0.4) is 0 Å². The highest BCUT2D eigenvalue weighted by Gasteiger charge is 2.74. The van der Waals surface area contributed by atoms with E-state index in [1.165, 1.54) is 31.1 Å². The molecule has 0 nitrogen and oxygen atoms in total. The van der Waals surface area contributed by atoms with E-state index in [0.717, 1.165) is 11.3 Å². The topological polar surface area (TPSA) is 0 Å². The molecule has 0 heteroatoms. The third kappa shape index (κ3) is 1.02. The monoisotopic (exact) mass is 152 g/mol. The van der Waals surface area contributed by atoms with Crippen molar-refractivity contribution in [3.05, 3.63) is 0 Å². The molecule has 0 aromatic carbocycles. The Morgan fingerprint density at radius 3 is 2.27 bits per heavy atom. The van der Waals surface area contributed by atoms with Crippen LogP contribution >= 0.6 is 0 Å². The van der Waals surface area contributed by atoms with Gasteiger partial charge >= 0.3 is 0 Å². The summed E-state index contributed by atoms with van der Waals surface area (Å²) >= 11 is 0. The van der Waals surface area contributed by atoms with Gasteiger partial charge in [0.05, 0.1) is 0 Å². The number of fused-ring (bicyclic) bond motifs is 1. The van der Waals surface area contributed by atoms with Crippen LogP contribution in [0, 0.1) is 23.2 Å². The van der Waals surface area contributed by atoms with E-state index in [-0.39, 0.29) is 0 Å². The average Bonchev–Trinajstić information content (AvgIpc) is 2.71. The first-order valence-corrected chi connectivity index (χ1v) is 5.20. The standard InChI is InChI=1S/C11H20/c1-4-5-11(7-8(2)3)9-6-10(9)11/h8-10H,4-7H2,1-3H3. The lowest BCUT2D eigenvalue weighted by atomic mass is 9.82. The highest BCUT2D eigenvalue weighted by Crippen LogP contribution is 2.81. The lowest BCUT2D eigenvalue weighted by Gasteiger charge is -2.23. The minimum atomic E-state index is 0.878. The molecule has 0 aromatic heterocycles. The van der Waals surface area contributed by atoms with Crippen molar-refractivity contribution in [3.63, 3.8) is 0 Å². The van der Waals surface area contributed by atoms with Crippen LogP contribution in [-0.4, -0.2) is 0 Å². The van der Waals surface area contributed by atoms with Crippen LogP contribution in [0.5, 0.6) is 0 Å². The molecule has 0 aliphatic heterocycles. The summed E-state index contributed by atoms with van der Waals surface area (Å²) in [6.07, 6.45) is 6.00. The van der Waals surface area contributed by atoms with E-state index in [4.69, 9.17) is 0 Å². The molecule has 0 saturated heterocycles. The van der Waals surface area contributed by atoms with Crippen LogP contribution in [0.4, 0.5) is 0 Å². The predicted octanol–water partition coefficient (Wildman–Crippen LogP) is 3.47. The van der Waals surface area contributed by atoms with Gasteiger partial charge in [0.2, 0.25) is 0 Å². The second-order valence-electron chi connectivity index (χ2n) is 5.03. The molecule has 0 radical (unpaired) electrons. The fraction of sp³-hybridized carbons (Fsp3) is 1.00. The fourth-order valence-electron chi connectivity index (χ4n) is 3.18. The second kappa shape index (κ2) is 2.24. The number of rotatable bonds is 4. The molecule has 0 amide bonds. The molecule has 0 N–H and O–H groups in total.